The van der Waals surface area contributed by atoms with E-state index >= 15 is 0 Å². The molecule has 2 aliphatic rings. The van der Waals surface area contributed by atoms with Crippen molar-refractivity contribution in [1.29, 1.82) is 0 Å². The second-order valence-electron chi connectivity index (χ2n) is 10.7. The summed E-state index contributed by atoms with van der Waals surface area (Å²) in [4.78, 5) is 35.2. The smallest absolute Gasteiger partial charge is 0.259 e. The Labute approximate surface area is 251 Å². The number of carbonyl (C=O) groups excluding carboxylic acids is 2. The first-order valence-electron chi connectivity index (χ1n) is 13.6. The van der Waals surface area contributed by atoms with Gasteiger partial charge in [0.15, 0.2) is 0 Å². The fourth-order valence-corrected chi connectivity index (χ4v) is 6.98. The summed E-state index contributed by atoms with van der Waals surface area (Å²) in [7, 11) is 0. The summed E-state index contributed by atoms with van der Waals surface area (Å²) >= 11 is 12.7. The molecule has 0 bridgehead atoms. The second kappa shape index (κ2) is 10.2. The number of phenols is 2. The van der Waals surface area contributed by atoms with E-state index in [1.807, 2.05) is 48.5 Å². The van der Waals surface area contributed by atoms with Gasteiger partial charge < -0.3 is 20.0 Å². The molecule has 2 aliphatic heterocycles. The maximum absolute atomic E-state index is 13.9. The van der Waals surface area contributed by atoms with E-state index in [0.717, 1.165) is 21.9 Å². The zero-order chi connectivity index (χ0) is 29.1. The number of carbonyl (C=O) groups is 2. The van der Waals surface area contributed by atoms with Gasteiger partial charge in [0.1, 0.15) is 11.5 Å². The molecule has 2 N–H and O–H groups in total. The minimum absolute atomic E-state index is 0.0803. The van der Waals surface area contributed by atoms with Gasteiger partial charge in [0.2, 0.25) is 0 Å². The highest BCUT2D eigenvalue weighted by molar-refractivity contribution is 6.20. The number of aromatic nitrogens is 1. The van der Waals surface area contributed by atoms with Crippen molar-refractivity contribution in [2.75, 3.05) is 34.6 Å². The van der Waals surface area contributed by atoms with Crippen molar-refractivity contribution < 1.29 is 19.8 Å². The molecule has 7 rings (SSSR count). The first-order chi connectivity index (χ1) is 20.4. The number of fused-ring (bicyclic) bond motifs is 6. The number of amides is 2. The largest absolute Gasteiger partial charge is 0.507 e. The number of anilines is 2. The lowest BCUT2D eigenvalue weighted by molar-refractivity contribution is 0.0987. The van der Waals surface area contributed by atoms with E-state index in [-0.39, 0.29) is 46.3 Å². The van der Waals surface area contributed by atoms with Crippen molar-refractivity contribution in [3.05, 3.63) is 101 Å². The van der Waals surface area contributed by atoms with E-state index in [0.29, 0.717) is 47.0 Å². The summed E-state index contributed by atoms with van der Waals surface area (Å²) in [5.74, 6) is -0.155. The SMILES string of the molecule is O=C(c1cncc(C(=O)N2CC(CCl)c3c2cc(O)c2ccccc32)c1)N1CC(CCl)c2c1cc(O)c1ccccc21. The van der Waals surface area contributed by atoms with Crippen molar-refractivity contribution >= 4 is 67.9 Å². The Balaban J connectivity index is 1.25. The van der Waals surface area contributed by atoms with Gasteiger partial charge in [-0.05, 0) is 28.0 Å². The van der Waals surface area contributed by atoms with Crippen LogP contribution in [0.5, 0.6) is 11.5 Å². The molecule has 9 heteroatoms. The van der Waals surface area contributed by atoms with Gasteiger partial charge in [0, 0.05) is 72.0 Å². The molecule has 2 amide bonds. The van der Waals surface area contributed by atoms with Gasteiger partial charge >= 0.3 is 0 Å². The van der Waals surface area contributed by atoms with Gasteiger partial charge in [-0.15, -0.1) is 23.2 Å². The molecule has 0 saturated heterocycles. The molecule has 2 atom stereocenters. The van der Waals surface area contributed by atoms with Crippen molar-refractivity contribution in [2.45, 2.75) is 11.8 Å². The fourth-order valence-electron chi connectivity index (χ4n) is 6.48. The normalized spacial score (nSPS) is 17.6. The van der Waals surface area contributed by atoms with Crippen LogP contribution in [0.1, 0.15) is 43.7 Å². The van der Waals surface area contributed by atoms with Crippen LogP contribution in [0.4, 0.5) is 11.4 Å². The number of benzene rings is 4. The molecule has 0 fully saturated rings. The number of halogens is 2. The van der Waals surface area contributed by atoms with E-state index in [4.69, 9.17) is 23.2 Å². The molecular formula is C33H25Cl2N3O4. The predicted octanol–water partition coefficient (Wildman–Crippen LogP) is 6.76. The molecule has 42 heavy (non-hydrogen) atoms. The van der Waals surface area contributed by atoms with Crippen LogP contribution < -0.4 is 9.80 Å². The molecule has 7 nitrogen and oxygen atoms in total. The Bertz CT molecular complexity index is 1790. The number of nitrogens with zero attached hydrogens (tertiary/aromatic N) is 3. The standard InChI is InChI=1S/C33H25Cl2N3O4/c34-12-20-16-37(26-10-28(39)22-5-1-3-7-24(22)30(20)26)32(41)18-9-19(15-36-14-18)33(42)38-17-21(13-35)31-25-8-4-2-6-23(25)29(40)11-27(31)38/h1-11,14-15,20-21,39-40H,12-13,16-17H2. The van der Waals surface area contributed by atoms with E-state index in [9.17, 15) is 19.8 Å². The third-order valence-corrected chi connectivity index (χ3v) is 9.13. The first-order valence-corrected chi connectivity index (χ1v) is 14.7. The van der Waals surface area contributed by atoms with Gasteiger partial charge in [-0.3, -0.25) is 14.6 Å². The Morgan fingerprint density at radius 1 is 0.690 bits per heavy atom. The van der Waals surface area contributed by atoms with Crippen molar-refractivity contribution in [2.24, 2.45) is 0 Å². The molecule has 0 aliphatic carbocycles. The highest BCUT2D eigenvalue weighted by atomic mass is 35.5. The number of rotatable bonds is 4. The Morgan fingerprint density at radius 3 is 1.50 bits per heavy atom. The van der Waals surface area contributed by atoms with Crippen LogP contribution in [0.15, 0.2) is 79.1 Å². The van der Waals surface area contributed by atoms with Gasteiger partial charge in [-0.25, -0.2) is 0 Å². The predicted molar refractivity (Wildman–Crippen MR) is 166 cm³/mol. The van der Waals surface area contributed by atoms with E-state index in [2.05, 4.69) is 4.98 Å². The Morgan fingerprint density at radius 2 is 1.10 bits per heavy atom. The summed E-state index contributed by atoms with van der Waals surface area (Å²) in [6.45, 7) is 0.680. The van der Waals surface area contributed by atoms with Crippen molar-refractivity contribution in [3.8, 4) is 11.5 Å². The third kappa shape index (κ3) is 3.99. The van der Waals surface area contributed by atoms with Crippen LogP contribution in [0.3, 0.4) is 0 Å². The minimum Gasteiger partial charge on any atom is -0.507 e. The highest BCUT2D eigenvalue weighted by Crippen LogP contribution is 2.47. The monoisotopic (exact) mass is 597 g/mol. The molecule has 0 spiro atoms. The van der Waals surface area contributed by atoms with Crippen molar-refractivity contribution in [3.63, 3.8) is 0 Å². The number of pyridine rings is 1. The zero-order valence-corrected chi connectivity index (χ0v) is 23.8. The summed E-state index contributed by atoms with van der Waals surface area (Å²) < 4.78 is 0. The van der Waals surface area contributed by atoms with Gasteiger partial charge in [-0.1, -0.05) is 48.5 Å². The van der Waals surface area contributed by atoms with E-state index in [1.165, 1.54) is 12.4 Å². The quantitative estimate of drug-likeness (QED) is 0.223. The molecule has 3 heterocycles. The molecule has 0 saturated carbocycles. The topological polar surface area (TPSA) is 94.0 Å². The van der Waals surface area contributed by atoms with E-state index < -0.39 is 0 Å². The number of aromatic hydroxyl groups is 2. The summed E-state index contributed by atoms with van der Waals surface area (Å²) in [5.41, 5.74) is 3.51. The zero-order valence-electron chi connectivity index (χ0n) is 22.3. The fraction of sp³-hybridized carbons (Fsp3) is 0.182. The average Bonchev–Trinajstić information content (AvgIpc) is 3.59. The lowest BCUT2D eigenvalue weighted by atomic mass is 9.95. The van der Waals surface area contributed by atoms with Gasteiger partial charge in [0.05, 0.1) is 22.5 Å². The first kappa shape index (κ1) is 26.6. The maximum atomic E-state index is 13.9. The molecule has 210 valence electrons. The van der Waals surface area contributed by atoms with E-state index in [1.54, 1.807) is 28.0 Å². The molecule has 1 aromatic heterocycles. The van der Waals surface area contributed by atoms with Gasteiger partial charge in [0.25, 0.3) is 11.8 Å². The van der Waals surface area contributed by atoms with Crippen LogP contribution >= 0.6 is 23.2 Å². The van der Waals surface area contributed by atoms with Crippen molar-refractivity contribution in [1.82, 2.24) is 4.98 Å². The average molecular weight is 598 g/mol. The summed E-state index contributed by atoms with van der Waals surface area (Å²) in [6.07, 6.45) is 2.87. The number of hydrogen-bond donors (Lipinski definition) is 2. The molecule has 2 unspecified atom stereocenters. The molecule has 4 aromatic carbocycles. The highest BCUT2D eigenvalue weighted by Gasteiger charge is 2.37. The Hall–Kier alpha value is -4.33. The van der Waals surface area contributed by atoms with Crippen LogP contribution in [-0.2, 0) is 0 Å². The minimum atomic E-state index is -0.343. The number of alkyl halides is 2. The molecular weight excluding hydrogens is 573 g/mol. The van der Waals surface area contributed by atoms with Crippen LogP contribution in [0.25, 0.3) is 21.5 Å². The van der Waals surface area contributed by atoms with Crippen LogP contribution in [-0.4, -0.2) is 51.9 Å². The third-order valence-electron chi connectivity index (χ3n) is 8.38. The maximum Gasteiger partial charge on any atom is 0.259 e. The lowest BCUT2D eigenvalue weighted by Crippen LogP contribution is -2.32. The van der Waals surface area contributed by atoms with Gasteiger partial charge in [-0.2, -0.15) is 0 Å². The number of phenolic OH excluding ortho intramolecular Hbond substituents is 2. The summed E-state index contributed by atoms with van der Waals surface area (Å²) in [6, 6.07) is 19.8. The molecule has 5 aromatic rings. The van der Waals surface area contributed by atoms with Crippen LogP contribution in [0.2, 0.25) is 0 Å². The van der Waals surface area contributed by atoms with Crippen LogP contribution in [0, 0.1) is 0 Å². The lowest BCUT2D eigenvalue weighted by Gasteiger charge is -2.20. The summed E-state index contributed by atoms with van der Waals surface area (Å²) in [5, 5.41) is 24.6. The second-order valence-corrected chi connectivity index (χ2v) is 11.4. The Kier molecular flexibility index (Phi) is 6.44. The molecule has 0 radical (unpaired) electrons. The number of hydrogen-bond acceptors (Lipinski definition) is 5.